The maximum atomic E-state index is 13.3. The molecule has 0 unspecified atom stereocenters. The van der Waals surface area contributed by atoms with Gasteiger partial charge < -0.3 is 15.5 Å². The number of nitrogens with one attached hydrogen (secondary N) is 2. The number of hydrogen-bond donors (Lipinski definition) is 2. The van der Waals surface area contributed by atoms with Gasteiger partial charge in [-0.25, -0.2) is 14.2 Å². The van der Waals surface area contributed by atoms with Gasteiger partial charge in [0.2, 0.25) is 0 Å². The van der Waals surface area contributed by atoms with Crippen LogP contribution in [0.4, 0.5) is 26.4 Å². The molecule has 6 nitrogen and oxygen atoms in total. The fourth-order valence-corrected chi connectivity index (χ4v) is 3.30. The predicted octanol–water partition coefficient (Wildman–Crippen LogP) is 4.53. The van der Waals surface area contributed by atoms with Crippen LogP contribution in [0.25, 0.3) is 11.3 Å². The number of amides is 2. The van der Waals surface area contributed by atoms with Gasteiger partial charge in [-0.15, -0.1) is 0 Å². The summed E-state index contributed by atoms with van der Waals surface area (Å²) < 4.78 is 13.3. The zero-order valence-corrected chi connectivity index (χ0v) is 15.2. The minimum absolute atomic E-state index is 0.388. The third-order valence-corrected chi connectivity index (χ3v) is 4.56. The number of carbonyl (C=O) groups is 1. The van der Waals surface area contributed by atoms with Crippen LogP contribution in [0.2, 0.25) is 0 Å². The molecule has 0 atom stereocenters. The van der Waals surface area contributed by atoms with E-state index in [1.165, 1.54) is 12.1 Å². The van der Waals surface area contributed by atoms with Crippen LogP contribution in [0, 0.1) is 5.82 Å². The van der Waals surface area contributed by atoms with E-state index in [2.05, 4.69) is 25.5 Å². The van der Waals surface area contributed by atoms with Crippen LogP contribution in [-0.2, 0) is 0 Å². The van der Waals surface area contributed by atoms with Crippen LogP contribution in [0.3, 0.4) is 0 Å². The van der Waals surface area contributed by atoms with Crippen molar-refractivity contribution in [2.24, 2.45) is 0 Å². The third kappa shape index (κ3) is 4.09. The van der Waals surface area contributed by atoms with E-state index >= 15 is 0 Å². The van der Waals surface area contributed by atoms with Gasteiger partial charge in [-0.05, 0) is 43.2 Å². The average molecular weight is 377 g/mol. The summed E-state index contributed by atoms with van der Waals surface area (Å²) in [5.74, 6) is 0.457. The standard InChI is InChI=1S/C21H20FN5O/c22-16-6-4-8-18(14-16)26-21(28)25-17-7-3-5-15(13-17)19-20(24-10-9-23-19)27-11-1-2-12-27/h3-10,13-14H,1-2,11-12H2,(H2,25,26,28). The van der Waals surface area contributed by atoms with E-state index in [0.717, 1.165) is 43.0 Å². The van der Waals surface area contributed by atoms with Gasteiger partial charge in [0.05, 0.1) is 0 Å². The second-order valence-corrected chi connectivity index (χ2v) is 6.59. The van der Waals surface area contributed by atoms with Crippen molar-refractivity contribution >= 4 is 23.2 Å². The molecule has 1 aliphatic rings. The number of aromatic nitrogens is 2. The topological polar surface area (TPSA) is 70.1 Å². The van der Waals surface area contributed by atoms with E-state index in [9.17, 15) is 9.18 Å². The molecule has 1 aliphatic heterocycles. The van der Waals surface area contributed by atoms with Gasteiger partial charge >= 0.3 is 6.03 Å². The molecule has 1 fully saturated rings. The Bertz CT molecular complexity index is 988. The van der Waals surface area contributed by atoms with Gasteiger partial charge in [0.15, 0.2) is 5.82 Å². The van der Waals surface area contributed by atoms with Gasteiger partial charge in [-0.1, -0.05) is 18.2 Å². The van der Waals surface area contributed by atoms with Crippen molar-refractivity contribution in [3.05, 3.63) is 66.7 Å². The zero-order chi connectivity index (χ0) is 19.3. The molecule has 4 rings (SSSR count). The Morgan fingerprint density at radius 1 is 0.929 bits per heavy atom. The Morgan fingerprint density at radius 2 is 1.61 bits per heavy atom. The summed E-state index contributed by atoms with van der Waals surface area (Å²) in [6.07, 6.45) is 5.67. The smallest absolute Gasteiger partial charge is 0.323 e. The van der Waals surface area contributed by atoms with Crippen molar-refractivity contribution in [1.82, 2.24) is 9.97 Å². The molecular formula is C21H20FN5O. The summed E-state index contributed by atoms with van der Waals surface area (Å²) in [4.78, 5) is 23.5. The summed E-state index contributed by atoms with van der Waals surface area (Å²) >= 11 is 0. The minimum Gasteiger partial charge on any atom is -0.355 e. The Balaban J connectivity index is 1.53. The Morgan fingerprint density at radius 3 is 2.36 bits per heavy atom. The molecule has 0 radical (unpaired) electrons. The van der Waals surface area contributed by atoms with E-state index in [-0.39, 0.29) is 0 Å². The molecular weight excluding hydrogens is 357 g/mol. The highest BCUT2D eigenvalue weighted by Crippen LogP contribution is 2.30. The third-order valence-electron chi connectivity index (χ3n) is 4.56. The van der Waals surface area contributed by atoms with Gasteiger partial charge in [0.25, 0.3) is 0 Å². The number of rotatable bonds is 4. The van der Waals surface area contributed by atoms with Gasteiger partial charge in [-0.2, -0.15) is 0 Å². The maximum absolute atomic E-state index is 13.3. The van der Waals surface area contributed by atoms with Crippen molar-refractivity contribution in [3.8, 4) is 11.3 Å². The lowest BCUT2D eigenvalue weighted by molar-refractivity contribution is 0.262. The van der Waals surface area contributed by atoms with E-state index in [1.54, 1.807) is 30.6 Å². The van der Waals surface area contributed by atoms with E-state index in [1.807, 2.05) is 18.2 Å². The van der Waals surface area contributed by atoms with Crippen LogP contribution >= 0.6 is 0 Å². The van der Waals surface area contributed by atoms with Gasteiger partial charge in [0, 0.05) is 42.4 Å². The Labute approximate surface area is 162 Å². The minimum atomic E-state index is -0.443. The Kier molecular flexibility index (Phi) is 5.14. The number of hydrogen-bond acceptors (Lipinski definition) is 4. The largest absolute Gasteiger partial charge is 0.355 e. The maximum Gasteiger partial charge on any atom is 0.323 e. The van der Waals surface area contributed by atoms with Crippen LogP contribution in [0.5, 0.6) is 0 Å². The predicted molar refractivity (Wildman–Crippen MR) is 108 cm³/mol. The SMILES string of the molecule is O=C(Nc1cccc(F)c1)Nc1cccc(-c2nccnc2N2CCCC2)c1. The fourth-order valence-electron chi connectivity index (χ4n) is 3.30. The van der Waals surface area contributed by atoms with E-state index in [0.29, 0.717) is 11.4 Å². The molecule has 2 heterocycles. The molecule has 1 aromatic heterocycles. The second kappa shape index (κ2) is 8.04. The number of nitrogens with zero attached hydrogens (tertiary/aromatic N) is 3. The quantitative estimate of drug-likeness (QED) is 0.701. The lowest BCUT2D eigenvalue weighted by Crippen LogP contribution is -2.20. The van der Waals surface area contributed by atoms with Crippen LogP contribution in [-0.4, -0.2) is 29.1 Å². The van der Waals surface area contributed by atoms with Crippen molar-refractivity contribution in [3.63, 3.8) is 0 Å². The van der Waals surface area contributed by atoms with Gasteiger partial charge in [-0.3, -0.25) is 4.98 Å². The number of benzene rings is 2. The lowest BCUT2D eigenvalue weighted by Gasteiger charge is -2.19. The summed E-state index contributed by atoms with van der Waals surface area (Å²) in [6.45, 7) is 1.94. The molecule has 0 aliphatic carbocycles. The summed E-state index contributed by atoms with van der Waals surface area (Å²) in [7, 11) is 0. The fraction of sp³-hybridized carbons (Fsp3) is 0.190. The summed E-state index contributed by atoms with van der Waals surface area (Å²) in [6, 6.07) is 12.8. The van der Waals surface area contributed by atoms with E-state index < -0.39 is 11.8 Å². The number of halogens is 1. The number of urea groups is 1. The number of carbonyl (C=O) groups excluding carboxylic acids is 1. The Hall–Kier alpha value is -3.48. The monoisotopic (exact) mass is 377 g/mol. The first-order valence-corrected chi connectivity index (χ1v) is 9.19. The molecule has 28 heavy (non-hydrogen) atoms. The second-order valence-electron chi connectivity index (χ2n) is 6.59. The molecule has 2 N–H and O–H groups in total. The van der Waals surface area contributed by atoms with Crippen LogP contribution in [0.1, 0.15) is 12.8 Å². The highest BCUT2D eigenvalue weighted by molar-refractivity contribution is 6.00. The molecule has 1 saturated heterocycles. The molecule has 2 amide bonds. The van der Waals surface area contributed by atoms with Crippen molar-refractivity contribution < 1.29 is 9.18 Å². The molecule has 142 valence electrons. The zero-order valence-electron chi connectivity index (χ0n) is 15.2. The first kappa shape index (κ1) is 17.9. The van der Waals surface area contributed by atoms with Crippen molar-refractivity contribution in [2.75, 3.05) is 28.6 Å². The average Bonchev–Trinajstić information content (AvgIpc) is 3.23. The first-order valence-electron chi connectivity index (χ1n) is 9.19. The molecule has 0 saturated carbocycles. The van der Waals surface area contributed by atoms with Gasteiger partial charge in [0.1, 0.15) is 11.5 Å². The number of anilines is 3. The van der Waals surface area contributed by atoms with Crippen LogP contribution in [0.15, 0.2) is 60.9 Å². The molecule has 2 aromatic carbocycles. The lowest BCUT2D eigenvalue weighted by atomic mass is 10.1. The first-order chi connectivity index (χ1) is 13.7. The normalized spacial score (nSPS) is 13.4. The molecule has 7 heteroatoms. The highest BCUT2D eigenvalue weighted by atomic mass is 19.1. The van der Waals surface area contributed by atoms with Crippen LogP contribution < -0.4 is 15.5 Å². The molecule has 0 bridgehead atoms. The highest BCUT2D eigenvalue weighted by Gasteiger charge is 2.19. The molecule has 0 spiro atoms. The van der Waals surface area contributed by atoms with E-state index in [4.69, 9.17) is 0 Å². The van der Waals surface area contributed by atoms with Crippen molar-refractivity contribution in [1.29, 1.82) is 0 Å². The molecule has 3 aromatic rings. The van der Waals surface area contributed by atoms with Crippen molar-refractivity contribution in [2.45, 2.75) is 12.8 Å². The summed E-state index contributed by atoms with van der Waals surface area (Å²) in [5.41, 5.74) is 2.67. The summed E-state index contributed by atoms with van der Waals surface area (Å²) in [5, 5.41) is 5.40.